The van der Waals surface area contributed by atoms with Gasteiger partial charge in [0.2, 0.25) is 0 Å². The summed E-state index contributed by atoms with van der Waals surface area (Å²) >= 11 is 1.97. The lowest BCUT2D eigenvalue weighted by Crippen LogP contribution is -2.36. The van der Waals surface area contributed by atoms with Gasteiger partial charge in [0.05, 0.1) is 5.56 Å². The highest BCUT2D eigenvalue weighted by Gasteiger charge is 2.18. The molecule has 16 heavy (non-hydrogen) atoms. The number of benzene rings is 1. The van der Waals surface area contributed by atoms with E-state index in [0.717, 1.165) is 19.5 Å². The predicted molar refractivity (Wildman–Crippen MR) is 67.9 cm³/mol. The second-order valence-corrected chi connectivity index (χ2v) is 4.95. The van der Waals surface area contributed by atoms with Crippen molar-refractivity contribution in [3.8, 4) is 0 Å². The SMILES string of the molecule is O=C(NC1CCNC1)c1ccc(F)cc1I. The Balaban J connectivity index is 2.08. The monoisotopic (exact) mass is 334 g/mol. The number of carbonyl (C=O) groups excluding carboxylic acids is 1. The lowest BCUT2D eigenvalue weighted by molar-refractivity contribution is 0.0939. The van der Waals surface area contributed by atoms with Crippen LogP contribution in [0.4, 0.5) is 4.39 Å². The molecule has 3 nitrogen and oxygen atoms in total. The molecule has 1 atom stereocenters. The van der Waals surface area contributed by atoms with Gasteiger partial charge in [-0.05, 0) is 53.8 Å². The van der Waals surface area contributed by atoms with E-state index in [4.69, 9.17) is 0 Å². The van der Waals surface area contributed by atoms with E-state index < -0.39 is 0 Å². The Bertz CT molecular complexity index is 405. The molecule has 2 rings (SSSR count). The van der Waals surface area contributed by atoms with E-state index in [1.165, 1.54) is 18.2 Å². The smallest absolute Gasteiger partial charge is 0.252 e. The Kier molecular flexibility index (Phi) is 3.75. The van der Waals surface area contributed by atoms with Crippen LogP contribution in [-0.2, 0) is 0 Å². The van der Waals surface area contributed by atoms with Crippen LogP contribution in [0.3, 0.4) is 0 Å². The van der Waals surface area contributed by atoms with Gasteiger partial charge >= 0.3 is 0 Å². The van der Waals surface area contributed by atoms with Crippen molar-refractivity contribution >= 4 is 28.5 Å². The number of hydrogen-bond acceptors (Lipinski definition) is 2. The van der Waals surface area contributed by atoms with Crippen LogP contribution in [-0.4, -0.2) is 25.0 Å². The summed E-state index contributed by atoms with van der Waals surface area (Å²) in [4.78, 5) is 11.9. The molecule has 1 fully saturated rings. The van der Waals surface area contributed by atoms with Crippen LogP contribution >= 0.6 is 22.6 Å². The average molecular weight is 334 g/mol. The molecule has 1 saturated heterocycles. The zero-order chi connectivity index (χ0) is 11.5. The first-order valence-corrected chi connectivity index (χ1v) is 6.21. The molecule has 1 aromatic rings. The van der Waals surface area contributed by atoms with Gasteiger partial charge in [-0.3, -0.25) is 4.79 Å². The Labute approximate surface area is 107 Å². The maximum atomic E-state index is 12.9. The molecule has 5 heteroatoms. The minimum Gasteiger partial charge on any atom is -0.348 e. The number of halogens is 2. The fourth-order valence-corrected chi connectivity index (χ4v) is 2.44. The summed E-state index contributed by atoms with van der Waals surface area (Å²) in [6.45, 7) is 1.75. The van der Waals surface area contributed by atoms with Gasteiger partial charge in [-0.25, -0.2) is 4.39 Å². The number of carbonyl (C=O) groups is 1. The Morgan fingerprint density at radius 2 is 2.38 bits per heavy atom. The van der Waals surface area contributed by atoms with Crippen LogP contribution in [0.15, 0.2) is 18.2 Å². The van der Waals surface area contributed by atoms with Crippen molar-refractivity contribution in [3.63, 3.8) is 0 Å². The van der Waals surface area contributed by atoms with E-state index in [1.807, 2.05) is 22.6 Å². The summed E-state index contributed by atoms with van der Waals surface area (Å²) in [5, 5.41) is 6.10. The highest BCUT2D eigenvalue weighted by Crippen LogP contribution is 2.14. The lowest BCUT2D eigenvalue weighted by atomic mass is 10.2. The number of rotatable bonds is 2. The van der Waals surface area contributed by atoms with Gasteiger partial charge in [-0.1, -0.05) is 0 Å². The second-order valence-electron chi connectivity index (χ2n) is 3.79. The minimum absolute atomic E-state index is 0.127. The Morgan fingerprint density at radius 1 is 1.56 bits per heavy atom. The van der Waals surface area contributed by atoms with Crippen LogP contribution in [0, 0.1) is 9.39 Å². The van der Waals surface area contributed by atoms with E-state index in [0.29, 0.717) is 9.13 Å². The summed E-state index contributed by atoms with van der Waals surface area (Å²) in [5.74, 6) is -0.443. The summed E-state index contributed by atoms with van der Waals surface area (Å²) in [5.41, 5.74) is 0.536. The van der Waals surface area contributed by atoms with Crippen LogP contribution in [0.5, 0.6) is 0 Å². The maximum absolute atomic E-state index is 12.9. The fourth-order valence-electron chi connectivity index (χ4n) is 1.71. The van der Waals surface area contributed by atoms with Gasteiger partial charge in [0.15, 0.2) is 0 Å². The molecular weight excluding hydrogens is 322 g/mol. The fraction of sp³-hybridized carbons (Fsp3) is 0.364. The predicted octanol–water partition coefficient (Wildman–Crippen LogP) is 1.52. The average Bonchev–Trinajstić information content (AvgIpc) is 2.70. The topological polar surface area (TPSA) is 41.1 Å². The van der Waals surface area contributed by atoms with Crippen LogP contribution in [0.1, 0.15) is 16.8 Å². The molecule has 0 aliphatic carbocycles. The van der Waals surface area contributed by atoms with Gasteiger partial charge in [0, 0.05) is 16.2 Å². The first kappa shape index (κ1) is 11.8. The van der Waals surface area contributed by atoms with Gasteiger partial charge < -0.3 is 10.6 Å². The van der Waals surface area contributed by atoms with Crippen molar-refractivity contribution < 1.29 is 9.18 Å². The molecule has 1 aromatic carbocycles. The molecule has 1 unspecified atom stereocenters. The standard InChI is InChI=1S/C11H12FIN2O/c12-7-1-2-9(10(13)5-7)11(16)15-8-3-4-14-6-8/h1-2,5,8,14H,3-4,6H2,(H,15,16). The molecule has 2 N–H and O–H groups in total. The molecule has 0 saturated carbocycles. The van der Waals surface area contributed by atoms with Gasteiger partial charge in [-0.15, -0.1) is 0 Å². The Hall–Kier alpha value is -0.690. The van der Waals surface area contributed by atoms with Crippen molar-refractivity contribution in [2.24, 2.45) is 0 Å². The van der Waals surface area contributed by atoms with Gasteiger partial charge in [0.1, 0.15) is 5.82 Å². The third-order valence-electron chi connectivity index (χ3n) is 2.57. The first-order valence-electron chi connectivity index (χ1n) is 5.13. The van der Waals surface area contributed by atoms with E-state index in [2.05, 4.69) is 10.6 Å². The molecule has 1 amide bonds. The third-order valence-corrected chi connectivity index (χ3v) is 3.46. The van der Waals surface area contributed by atoms with Crippen LogP contribution in [0.2, 0.25) is 0 Å². The molecular formula is C11H12FIN2O. The van der Waals surface area contributed by atoms with Crippen LogP contribution in [0.25, 0.3) is 0 Å². The lowest BCUT2D eigenvalue weighted by Gasteiger charge is -2.12. The highest BCUT2D eigenvalue weighted by atomic mass is 127. The molecule has 0 radical (unpaired) electrons. The quantitative estimate of drug-likeness (QED) is 0.806. The zero-order valence-electron chi connectivity index (χ0n) is 8.59. The third kappa shape index (κ3) is 2.70. The number of hydrogen-bond donors (Lipinski definition) is 2. The van der Waals surface area contributed by atoms with E-state index >= 15 is 0 Å². The van der Waals surface area contributed by atoms with Crippen molar-refractivity contribution in [1.29, 1.82) is 0 Å². The summed E-state index contributed by atoms with van der Waals surface area (Å²) in [6, 6.07) is 4.38. The van der Waals surface area contributed by atoms with Crippen molar-refractivity contribution in [2.45, 2.75) is 12.5 Å². The normalized spacial score (nSPS) is 19.8. The summed E-state index contributed by atoms with van der Waals surface area (Å²) in [6.07, 6.45) is 0.948. The largest absolute Gasteiger partial charge is 0.348 e. The number of nitrogens with one attached hydrogen (secondary N) is 2. The minimum atomic E-state index is -0.316. The second kappa shape index (κ2) is 5.09. The van der Waals surface area contributed by atoms with Gasteiger partial charge in [-0.2, -0.15) is 0 Å². The molecule has 0 aromatic heterocycles. The van der Waals surface area contributed by atoms with Gasteiger partial charge in [0.25, 0.3) is 5.91 Å². The molecule has 1 aliphatic rings. The highest BCUT2D eigenvalue weighted by molar-refractivity contribution is 14.1. The Morgan fingerprint density at radius 3 is 3.00 bits per heavy atom. The zero-order valence-corrected chi connectivity index (χ0v) is 10.8. The summed E-state index contributed by atoms with van der Waals surface area (Å²) < 4.78 is 13.5. The van der Waals surface area contributed by atoms with Crippen molar-refractivity contribution in [1.82, 2.24) is 10.6 Å². The van der Waals surface area contributed by atoms with E-state index in [1.54, 1.807) is 0 Å². The molecule has 1 heterocycles. The molecule has 86 valence electrons. The van der Waals surface area contributed by atoms with E-state index in [-0.39, 0.29) is 17.8 Å². The molecule has 1 aliphatic heterocycles. The summed E-state index contributed by atoms with van der Waals surface area (Å²) in [7, 11) is 0. The first-order chi connectivity index (χ1) is 7.66. The molecule has 0 spiro atoms. The number of amides is 1. The van der Waals surface area contributed by atoms with Crippen LogP contribution < -0.4 is 10.6 Å². The van der Waals surface area contributed by atoms with Crippen molar-refractivity contribution in [3.05, 3.63) is 33.1 Å². The van der Waals surface area contributed by atoms with E-state index in [9.17, 15) is 9.18 Å². The van der Waals surface area contributed by atoms with Crippen molar-refractivity contribution in [2.75, 3.05) is 13.1 Å². The maximum Gasteiger partial charge on any atom is 0.252 e. The molecule has 0 bridgehead atoms.